The first-order valence-corrected chi connectivity index (χ1v) is 7.95. The molecule has 0 spiro atoms. The van der Waals surface area contributed by atoms with E-state index in [1.54, 1.807) is 13.2 Å². The van der Waals surface area contributed by atoms with Gasteiger partial charge in [0.1, 0.15) is 5.52 Å². The summed E-state index contributed by atoms with van der Waals surface area (Å²) in [7, 11) is 1.59. The Labute approximate surface area is 126 Å². The van der Waals surface area contributed by atoms with Gasteiger partial charge in [-0.25, -0.2) is 4.98 Å². The minimum absolute atomic E-state index is 0.00712. The Morgan fingerprint density at radius 2 is 2.19 bits per heavy atom. The maximum Gasteiger partial charge on any atom is 0.313 e. The Morgan fingerprint density at radius 3 is 2.86 bits per heavy atom. The number of methoxy groups -OCH3 is 1. The molecule has 1 N–H and O–H groups in total. The van der Waals surface area contributed by atoms with Crippen LogP contribution in [0.25, 0.3) is 11.2 Å². The summed E-state index contributed by atoms with van der Waals surface area (Å²) in [6.07, 6.45) is 4.56. The molecule has 7 heteroatoms. The number of nitrogens with zero attached hydrogens (tertiary/aromatic N) is 3. The molecule has 0 radical (unpaired) electrons. The quantitative estimate of drug-likeness (QED) is 0.856. The largest absolute Gasteiger partial charge is 0.481 e. The lowest BCUT2D eigenvalue weighted by molar-refractivity contribution is -0.133. The van der Waals surface area contributed by atoms with Crippen LogP contribution in [0.1, 0.15) is 31.7 Å². The highest BCUT2D eigenvalue weighted by molar-refractivity contribution is 7.99. The van der Waals surface area contributed by atoms with Gasteiger partial charge in [-0.2, -0.15) is 4.98 Å². The van der Waals surface area contributed by atoms with E-state index in [9.17, 15) is 4.79 Å². The van der Waals surface area contributed by atoms with Gasteiger partial charge < -0.3 is 14.4 Å². The second-order valence-electron chi connectivity index (χ2n) is 5.08. The Bertz CT molecular complexity index is 665. The number of carbonyl (C=O) groups is 1. The molecule has 0 amide bonds. The predicted molar refractivity (Wildman–Crippen MR) is 79.9 cm³/mol. The molecule has 0 aromatic carbocycles. The molecule has 2 aromatic heterocycles. The number of aliphatic carboxylic acids is 1. The number of hydrogen-bond acceptors (Lipinski definition) is 5. The van der Waals surface area contributed by atoms with Crippen molar-refractivity contribution < 1.29 is 14.6 Å². The third kappa shape index (κ3) is 2.83. The fraction of sp³-hybridized carbons (Fsp3) is 0.500. The van der Waals surface area contributed by atoms with E-state index >= 15 is 0 Å². The number of ether oxygens (including phenoxy) is 1. The van der Waals surface area contributed by atoms with E-state index in [0.29, 0.717) is 11.9 Å². The van der Waals surface area contributed by atoms with E-state index in [1.807, 2.05) is 6.07 Å². The molecule has 2 aromatic rings. The van der Waals surface area contributed by atoms with Gasteiger partial charge in [-0.1, -0.05) is 24.6 Å². The molecular weight excluding hydrogens is 290 g/mol. The maximum absolute atomic E-state index is 10.8. The first kappa shape index (κ1) is 14.2. The number of carboxylic acid groups (broad SMARTS) is 1. The second kappa shape index (κ2) is 5.93. The molecule has 0 unspecified atom stereocenters. The Kier molecular flexibility index (Phi) is 4.01. The van der Waals surface area contributed by atoms with Crippen LogP contribution in [0.2, 0.25) is 0 Å². The van der Waals surface area contributed by atoms with Crippen LogP contribution in [0, 0.1) is 0 Å². The molecule has 0 saturated heterocycles. The zero-order chi connectivity index (χ0) is 14.8. The van der Waals surface area contributed by atoms with Crippen molar-refractivity contribution >= 4 is 28.9 Å². The van der Waals surface area contributed by atoms with E-state index in [4.69, 9.17) is 9.84 Å². The molecule has 112 valence electrons. The van der Waals surface area contributed by atoms with E-state index in [0.717, 1.165) is 29.2 Å². The first-order chi connectivity index (χ1) is 10.2. The summed E-state index contributed by atoms with van der Waals surface area (Å²) < 4.78 is 7.29. The van der Waals surface area contributed by atoms with Crippen LogP contribution in [-0.2, 0) is 4.79 Å². The number of fused-ring (bicyclic) bond motifs is 1. The predicted octanol–water partition coefficient (Wildman–Crippen LogP) is 2.73. The molecule has 21 heavy (non-hydrogen) atoms. The Morgan fingerprint density at radius 1 is 1.43 bits per heavy atom. The van der Waals surface area contributed by atoms with E-state index in [2.05, 4.69) is 14.5 Å². The zero-order valence-electron chi connectivity index (χ0n) is 11.8. The van der Waals surface area contributed by atoms with Gasteiger partial charge in [0, 0.05) is 12.1 Å². The third-order valence-corrected chi connectivity index (χ3v) is 4.64. The number of hydrogen-bond donors (Lipinski definition) is 1. The topological polar surface area (TPSA) is 77.2 Å². The van der Waals surface area contributed by atoms with Crippen LogP contribution < -0.4 is 4.74 Å². The number of pyridine rings is 1. The average molecular weight is 307 g/mol. The van der Waals surface area contributed by atoms with Gasteiger partial charge >= 0.3 is 5.97 Å². The fourth-order valence-corrected chi connectivity index (χ4v) is 3.56. The van der Waals surface area contributed by atoms with E-state index in [1.165, 1.54) is 24.6 Å². The molecule has 0 aliphatic heterocycles. The zero-order valence-corrected chi connectivity index (χ0v) is 12.6. The first-order valence-electron chi connectivity index (χ1n) is 6.96. The number of imidazole rings is 1. The van der Waals surface area contributed by atoms with Crippen molar-refractivity contribution in [3.63, 3.8) is 0 Å². The SMILES string of the molecule is COc1ccc2nc(SCC(=O)O)n(C3CCCC3)c2n1. The standard InChI is InChI=1S/C14H17N3O3S/c1-20-11-7-6-10-13(16-11)17(9-4-2-3-5-9)14(15-10)21-8-12(18)19/h6-7,9H,2-5,8H2,1H3,(H,18,19). The normalized spacial score (nSPS) is 15.7. The van der Waals surface area contributed by atoms with Crippen LogP contribution in [-0.4, -0.2) is 38.5 Å². The molecular formula is C14H17N3O3S. The summed E-state index contributed by atoms with van der Waals surface area (Å²) >= 11 is 1.25. The molecule has 1 aliphatic rings. The summed E-state index contributed by atoms with van der Waals surface area (Å²) in [6.45, 7) is 0. The number of carboxylic acids is 1. The van der Waals surface area contributed by atoms with Gasteiger partial charge in [0.2, 0.25) is 5.88 Å². The van der Waals surface area contributed by atoms with Crippen molar-refractivity contribution in [3.05, 3.63) is 12.1 Å². The minimum atomic E-state index is -0.837. The van der Waals surface area contributed by atoms with Gasteiger partial charge in [0.25, 0.3) is 0 Å². The molecule has 1 fully saturated rings. The van der Waals surface area contributed by atoms with Crippen molar-refractivity contribution in [1.82, 2.24) is 14.5 Å². The van der Waals surface area contributed by atoms with Gasteiger partial charge in [-0.3, -0.25) is 4.79 Å². The van der Waals surface area contributed by atoms with Crippen molar-refractivity contribution in [2.75, 3.05) is 12.9 Å². The van der Waals surface area contributed by atoms with Crippen LogP contribution in [0.4, 0.5) is 0 Å². The highest BCUT2D eigenvalue weighted by atomic mass is 32.2. The number of thioether (sulfide) groups is 1. The summed E-state index contributed by atoms with van der Waals surface area (Å²) in [5.41, 5.74) is 1.57. The van der Waals surface area contributed by atoms with Crippen molar-refractivity contribution in [2.24, 2.45) is 0 Å². The number of rotatable bonds is 5. The summed E-state index contributed by atoms with van der Waals surface area (Å²) in [5, 5.41) is 9.63. The molecule has 1 aliphatic carbocycles. The van der Waals surface area contributed by atoms with Crippen LogP contribution >= 0.6 is 11.8 Å². The smallest absolute Gasteiger partial charge is 0.313 e. The summed E-state index contributed by atoms with van der Waals surface area (Å²) in [5.74, 6) is -0.278. The van der Waals surface area contributed by atoms with Crippen LogP contribution in [0.5, 0.6) is 5.88 Å². The minimum Gasteiger partial charge on any atom is -0.481 e. The van der Waals surface area contributed by atoms with Crippen molar-refractivity contribution in [3.8, 4) is 5.88 Å². The monoisotopic (exact) mass is 307 g/mol. The Hall–Kier alpha value is -1.76. The highest BCUT2D eigenvalue weighted by Crippen LogP contribution is 2.36. The second-order valence-corrected chi connectivity index (χ2v) is 6.02. The lowest BCUT2D eigenvalue weighted by Crippen LogP contribution is -2.08. The summed E-state index contributed by atoms with van der Waals surface area (Å²) in [6, 6.07) is 4.00. The lowest BCUT2D eigenvalue weighted by atomic mass is 10.2. The Balaban J connectivity index is 2.06. The van der Waals surface area contributed by atoms with Gasteiger partial charge in [-0.05, 0) is 18.9 Å². The van der Waals surface area contributed by atoms with E-state index < -0.39 is 5.97 Å². The van der Waals surface area contributed by atoms with Gasteiger partial charge in [-0.15, -0.1) is 0 Å². The lowest BCUT2D eigenvalue weighted by Gasteiger charge is -2.15. The fourth-order valence-electron chi connectivity index (χ4n) is 2.77. The molecule has 3 rings (SSSR count). The number of aromatic nitrogens is 3. The van der Waals surface area contributed by atoms with Gasteiger partial charge in [0.15, 0.2) is 10.8 Å². The molecule has 1 saturated carbocycles. The van der Waals surface area contributed by atoms with Crippen LogP contribution in [0.3, 0.4) is 0 Å². The molecule has 2 heterocycles. The highest BCUT2D eigenvalue weighted by Gasteiger charge is 2.24. The average Bonchev–Trinajstić information content (AvgIpc) is 3.10. The molecule has 0 bridgehead atoms. The molecule has 0 atom stereocenters. The molecule has 6 nitrogen and oxygen atoms in total. The summed E-state index contributed by atoms with van der Waals surface area (Å²) in [4.78, 5) is 19.9. The van der Waals surface area contributed by atoms with Crippen molar-refractivity contribution in [1.29, 1.82) is 0 Å². The third-order valence-electron chi connectivity index (χ3n) is 3.70. The van der Waals surface area contributed by atoms with Crippen LogP contribution in [0.15, 0.2) is 17.3 Å². The van der Waals surface area contributed by atoms with E-state index in [-0.39, 0.29) is 5.75 Å². The maximum atomic E-state index is 10.8. The van der Waals surface area contributed by atoms with Gasteiger partial charge in [0.05, 0.1) is 12.9 Å². The van der Waals surface area contributed by atoms with Crippen molar-refractivity contribution in [2.45, 2.75) is 36.9 Å².